The summed E-state index contributed by atoms with van der Waals surface area (Å²) in [5.41, 5.74) is 0.285. The summed E-state index contributed by atoms with van der Waals surface area (Å²) in [5, 5.41) is 20.5. The van der Waals surface area contributed by atoms with Gasteiger partial charge in [-0.05, 0) is 25.0 Å². The predicted octanol–water partition coefficient (Wildman–Crippen LogP) is 10.7. The zero-order valence-electron chi connectivity index (χ0n) is 37.0. The number of esters is 1. The number of likely N-dealkylation sites (tertiary alicyclic amines) is 1. The van der Waals surface area contributed by atoms with E-state index in [0.29, 0.717) is 24.7 Å². The Bertz CT molecular complexity index is 1250. The first kappa shape index (κ1) is 49.0. The molecule has 4 rings (SSSR count). The fourth-order valence-electron chi connectivity index (χ4n) is 9.15. The maximum absolute atomic E-state index is 13.3. The third-order valence-electron chi connectivity index (χ3n) is 12.7. The third kappa shape index (κ3) is 16.6. The normalized spacial score (nSPS) is 22.1. The maximum atomic E-state index is 13.3. The van der Waals surface area contributed by atoms with Gasteiger partial charge in [-0.2, -0.15) is 0 Å². The van der Waals surface area contributed by atoms with Crippen molar-refractivity contribution in [2.24, 2.45) is 11.8 Å². The van der Waals surface area contributed by atoms with Crippen LogP contribution in [-0.4, -0.2) is 83.7 Å². The lowest BCUT2D eigenvalue weighted by molar-refractivity contribution is -0.143. The quantitative estimate of drug-likeness (QED) is 0.0385. The molecule has 3 heterocycles. The Morgan fingerprint density at radius 3 is 1.22 bits per heavy atom. The summed E-state index contributed by atoms with van der Waals surface area (Å²) in [6.45, 7) is 5.33. The van der Waals surface area contributed by atoms with E-state index in [1.807, 2.05) is 6.07 Å². The molecule has 1 aromatic rings. The topological polar surface area (TPSA) is 132 Å². The van der Waals surface area contributed by atoms with Crippen LogP contribution in [0.15, 0.2) is 18.2 Å². The van der Waals surface area contributed by atoms with Crippen molar-refractivity contribution in [3.63, 3.8) is 0 Å². The molecule has 1 aromatic carbocycles. The van der Waals surface area contributed by atoms with E-state index in [1.54, 1.807) is 12.1 Å². The molecule has 2 amide bonds. The Balaban J connectivity index is 1.15. The Kier molecular flexibility index (Phi) is 23.9. The molecule has 3 saturated heterocycles. The molecule has 3 aliphatic heterocycles. The van der Waals surface area contributed by atoms with Gasteiger partial charge in [-0.1, -0.05) is 181 Å². The van der Waals surface area contributed by atoms with Crippen LogP contribution in [0.2, 0.25) is 0 Å². The minimum atomic E-state index is -1.20. The van der Waals surface area contributed by atoms with Gasteiger partial charge in [-0.25, -0.2) is 4.79 Å². The van der Waals surface area contributed by atoms with Gasteiger partial charge in [-0.15, -0.1) is 0 Å². The van der Waals surface area contributed by atoms with E-state index in [2.05, 4.69) is 13.8 Å². The van der Waals surface area contributed by atoms with Gasteiger partial charge in [0.1, 0.15) is 30.3 Å². The SMILES string of the molecule is CCCCCCCCCCCCCCCCOc1cc(OCCCCCCCCCCCCCCCC)cc(C(=O)OCCN2C(=O)C3C4OC(C(O)C4O)C3C2=O)c1. The summed E-state index contributed by atoms with van der Waals surface area (Å²) >= 11 is 0. The van der Waals surface area contributed by atoms with Crippen molar-refractivity contribution < 1.29 is 43.5 Å². The van der Waals surface area contributed by atoms with Crippen LogP contribution in [0.4, 0.5) is 0 Å². The minimum Gasteiger partial charge on any atom is -0.493 e. The number of nitrogens with zero attached hydrogens (tertiary/aromatic N) is 1. The highest BCUT2D eigenvalue weighted by molar-refractivity contribution is 6.06. The van der Waals surface area contributed by atoms with Crippen molar-refractivity contribution in [2.75, 3.05) is 26.4 Å². The number of benzene rings is 1. The first-order valence-corrected chi connectivity index (χ1v) is 24.3. The van der Waals surface area contributed by atoms with E-state index in [-0.39, 0.29) is 18.7 Å². The Labute approximate surface area is 356 Å². The molecule has 6 unspecified atom stereocenters. The van der Waals surface area contributed by atoms with Crippen LogP contribution in [0.1, 0.15) is 204 Å². The molecular formula is C49H81NO9. The molecule has 2 bridgehead atoms. The molecule has 10 heteroatoms. The summed E-state index contributed by atoms with van der Waals surface area (Å²) in [7, 11) is 0. The Morgan fingerprint density at radius 1 is 0.525 bits per heavy atom. The monoisotopic (exact) mass is 828 g/mol. The zero-order valence-corrected chi connectivity index (χ0v) is 37.0. The average molecular weight is 828 g/mol. The van der Waals surface area contributed by atoms with Crippen molar-refractivity contribution in [3.8, 4) is 11.5 Å². The highest BCUT2D eigenvalue weighted by Crippen LogP contribution is 2.48. The van der Waals surface area contributed by atoms with Crippen molar-refractivity contribution in [3.05, 3.63) is 23.8 Å². The number of aliphatic hydroxyl groups is 2. The number of fused-ring (bicyclic) bond motifs is 5. The molecule has 0 radical (unpaired) electrons. The third-order valence-corrected chi connectivity index (χ3v) is 12.7. The number of carbonyl (C=O) groups is 3. The van der Waals surface area contributed by atoms with Gasteiger partial charge in [0, 0.05) is 6.07 Å². The molecule has 2 N–H and O–H groups in total. The summed E-state index contributed by atoms with van der Waals surface area (Å²) in [6, 6.07) is 5.17. The average Bonchev–Trinajstić information content (AvgIpc) is 3.85. The molecule has 0 spiro atoms. The molecule has 0 saturated carbocycles. The highest BCUT2D eigenvalue weighted by Gasteiger charge is 2.68. The van der Waals surface area contributed by atoms with Gasteiger partial charge in [-0.3, -0.25) is 14.5 Å². The largest absolute Gasteiger partial charge is 0.493 e. The predicted molar refractivity (Wildman–Crippen MR) is 233 cm³/mol. The van der Waals surface area contributed by atoms with E-state index < -0.39 is 54.0 Å². The Morgan fingerprint density at radius 2 is 0.864 bits per heavy atom. The maximum Gasteiger partial charge on any atom is 0.338 e. The summed E-state index contributed by atoms with van der Waals surface area (Å²) < 4.78 is 23.4. The fraction of sp³-hybridized carbons (Fsp3) is 0.816. The molecule has 336 valence electrons. The van der Waals surface area contributed by atoms with E-state index >= 15 is 0 Å². The van der Waals surface area contributed by atoms with Crippen LogP contribution in [0.5, 0.6) is 11.5 Å². The second-order valence-electron chi connectivity index (χ2n) is 17.6. The first-order valence-electron chi connectivity index (χ1n) is 24.3. The van der Waals surface area contributed by atoms with Gasteiger partial charge < -0.3 is 29.2 Å². The van der Waals surface area contributed by atoms with E-state index in [0.717, 1.165) is 30.6 Å². The van der Waals surface area contributed by atoms with Crippen LogP contribution >= 0.6 is 0 Å². The van der Waals surface area contributed by atoms with Gasteiger partial charge >= 0.3 is 5.97 Å². The Hall–Kier alpha value is -2.69. The number of carbonyl (C=O) groups excluding carboxylic acids is 3. The molecule has 59 heavy (non-hydrogen) atoms. The highest BCUT2D eigenvalue weighted by atomic mass is 16.6. The number of hydrogen-bond acceptors (Lipinski definition) is 9. The zero-order chi connectivity index (χ0) is 42.1. The van der Waals surface area contributed by atoms with Crippen molar-refractivity contribution in [2.45, 2.75) is 218 Å². The number of aliphatic hydroxyl groups excluding tert-OH is 2. The molecule has 3 fully saturated rings. The van der Waals surface area contributed by atoms with Crippen LogP contribution in [-0.2, 0) is 19.1 Å². The van der Waals surface area contributed by atoms with Crippen LogP contribution in [0.25, 0.3) is 0 Å². The first-order chi connectivity index (χ1) is 28.9. The van der Waals surface area contributed by atoms with Gasteiger partial charge in [0.05, 0.1) is 49.4 Å². The molecule has 0 aliphatic carbocycles. The van der Waals surface area contributed by atoms with Crippen LogP contribution in [0.3, 0.4) is 0 Å². The molecular weight excluding hydrogens is 747 g/mol. The van der Waals surface area contributed by atoms with Gasteiger partial charge in [0.15, 0.2) is 0 Å². The number of unbranched alkanes of at least 4 members (excludes halogenated alkanes) is 26. The lowest BCUT2D eigenvalue weighted by Crippen LogP contribution is -2.47. The van der Waals surface area contributed by atoms with Crippen LogP contribution in [0, 0.1) is 11.8 Å². The number of ether oxygens (including phenoxy) is 4. The van der Waals surface area contributed by atoms with Crippen molar-refractivity contribution >= 4 is 17.8 Å². The van der Waals surface area contributed by atoms with E-state index in [9.17, 15) is 24.6 Å². The number of hydrogen-bond donors (Lipinski definition) is 2. The van der Waals surface area contributed by atoms with E-state index in [4.69, 9.17) is 18.9 Å². The minimum absolute atomic E-state index is 0.111. The van der Waals surface area contributed by atoms with Crippen molar-refractivity contribution in [1.82, 2.24) is 4.90 Å². The lowest BCUT2D eigenvalue weighted by Gasteiger charge is -2.25. The molecule has 0 aromatic heterocycles. The van der Waals surface area contributed by atoms with Crippen LogP contribution < -0.4 is 9.47 Å². The fourth-order valence-corrected chi connectivity index (χ4v) is 9.15. The van der Waals surface area contributed by atoms with Crippen molar-refractivity contribution in [1.29, 1.82) is 0 Å². The molecule has 3 aliphatic rings. The lowest BCUT2D eigenvalue weighted by atomic mass is 9.78. The summed E-state index contributed by atoms with van der Waals surface area (Å²) in [4.78, 5) is 40.6. The van der Waals surface area contributed by atoms with E-state index in [1.165, 1.54) is 154 Å². The van der Waals surface area contributed by atoms with Gasteiger partial charge in [0.2, 0.25) is 11.8 Å². The number of imide groups is 1. The van der Waals surface area contributed by atoms with Gasteiger partial charge in [0.25, 0.3) is 0 Å². The number of amides is 2. The second-order valence-corrected chi connectivity index (χ2v) is 17.6. The smallest absolute Gasteiger partial charge is 0.338 e. The second kappa shape index (κ2) is 28.8. The summed E-state index contributed by atoms with van der Waals surface area (Å²) in [6.07, 6.45) is 31.9. The summed E-state index contributed by atoms with van der Waals surface area (Å²) in [5.74, 6) is -2.07. The molecule has 10 nitrogen and oxygen atoms in total. The molecule has 6 atom stereocenters. The number of rotatable bonds is 36. The standard InChI is InChI=1S/C49H81NO9/c1-3-5-7-9-11-13-15-17-19-21-23-25-27-29-32-56-39-35-38(36-40(37-39)57-33-30-28-26-24-22-20-18-16-14-12-10-8-6-4-2)49(55)58-34-31-50-47(53)41-42(48(50)54)46-44(52)43(51)45(41)59-46/h35-37,41-46,51-52H,3-34H2,1-2H3.